The molecule has 1 aromatic rings. The summed E-state index contributed by atoms with van der Waals surface area (Å²) in [6.07, 6.45) is -0.369. The van der Waals surface area contributed by atoms with Gasteiger partial charge in [0, 0.05) is 43.3 Å². The molecule has 1 aromatic carbocycles. The van der Waals surface area contributed by atoms with E-state index in [-0.39, 0.29) is 11.8 Å². The highest BCUT2D eigenvalue weighted by molar-refractivity contribution is 6.30. The largest absolute Gasteiger partial charge is 0.504 e. The number of hydrogen-bond donors (Lipinski definition) is 2. The van der Waals surface area contributed by atoms with E-state index in [0.29, 0.717) is 36.0 Å². The molecule has 0 atom stereocenters. The molecule has 0 aromatic heterocycles. The fourth-order valence-electron chi connectivity index (χ4n) is 1.82. The molecule has 0 spiro atoms. The minimum Gasteiger partial charge on any atom is -0.504 e. The van der Waals surface area contributed by atoms with Crippen LogP contribution in [0.4, 0.5) is 4.79 Å². The maximum atomic E-state index is 11.8. The molecule has 6 nitrogen and oxygen atoms in total. The highest BCUT2D eigenvalue weighted by Crippen LogP contribution is 2.33. The summed E-state index contributed by atoms with van der Waals surface area (Å²) < 4.78 is 10.3. The zero-order valence-corrected chi connectivity index (χ0v) is 15.0. The first-order chi connectivity index (χ1) is 10.6. The van der Waals surface area contributed by atoms with Gasteiger partial charge in [0.2, 0.25) is 0 Å². The highest BCUT2D eigenvalue weighted by atomic mass is 35.5. The van der Waals surface area contributed by atoms with Crippen LogP contribution in [0.25, 0.3) is 0 Å². The smallest absolute Gasteiger partial charge is 0.410 e. The number of halogens is 1. The number of aromatic hydroxyl groups is 1. The number of phenols is 1. The van der Waals surface area contributed by atoms with Crippen LogP contribution in [0.5, 0.6) is 11.5 Å². The minimum atomic E-state index is -0.512. The van der Waals surface area contributed by atoms with E-state index in [9.17, 15) is 9.90 Å². The lowest BCUT2D eigenvalue weighted by molar-refractivity contribution is 0.0300. The Morgan fingerprint density at radius 1 is 1.39 bits per heavy atom. The predicted molar refractivity (Wildman–Crippen MR) is 90.2 cm³/mol. The van der Waals surface area contributed by atoms with Gasteiger partial charge < -0.3 is 24.8 Å². The molecule has 7 heteroatoms. The first-order valence-electron chi connectivity index (χ1n) is 7.34. The molecule has 0 unspecified atom stereocenters. The first kappa shape index (κ1) is 19.4. The SMILES string of the molecule is COc1cc(Cl)cc(CNCCN(C)C(=O)OC(C)(C)C)c1O. The van der Waals surface area contributed by atoms with Crippen LogP contribution in [-0.2, 0) is 11.3 Å². The molecule has 0 bridgehead atoms. The van der Waals surface area contributed by atoms with Crippen molar-refractivity contribution < 1.29 is 19.4 Å². The van der Waals surface area contributed by atoms with E-state index in [1.807, 2.05) is 20.8 Å². The summed E-state index contributed by atoms with van der Waals surface area (Å²) in [5.74, 6) is 0.394. The van der Waals surface area contributed by atoms with E-state index in [2.05, 4.69) is 5.32 Å². The van der Waals surface area contributed by atoms with Crippen molar-refractivity contribution in [3.05, 3.63) is 22.7 Å². The molecule has 0 heterocycles. The van der Waals surface area contributed by atoms with E-state index in [1.54, 1.807) is 19.2 Å². The average Bonchev–Trinajstić information content (AvgIpc) is 2.44. The Morgan fingerprint density at radius 3 is 2.61 bits per heavy atom. The van der Waals surface area contributed by atoms with Crippen LogP contribution in [0.2, 0.25) is 5.02 Å². The number of carbonyl (C=O) groups is 1. The third-order valence-electron chi connectivity index (χ3n) is 2.98. The Hall–Kier alpha value is -1.66. The number of rotatable bonds is 6. The van der Waals surface area contributed by atoms with Gasteiger partial charge in [-0.15, -0.1) is 0 Å². The van der Waals surface area contributed by atoms with Crippen molar-refractivity contribution in [1.82, 2.24) is 10.2 Å². The number of carbonyl (C=O) groups excluding carboxylic acids is 1. The molecule has 0 aliphatic carbocycles. The van der Waals surface area contributed by atoms with Crippen molar-refractivity contribution in [2.45, 2.75) is 32.9 Å². The monoisotopic (exact) mass is 344 g/mol. The second kappa shape index (κ2) is 8.26. The van der Waals surface area contributed by atoms with Crippen LogP contribution in [0.3, 0.4) is 0 Å². The summed E-state index contributed by atoms with van der Waals surface area (Å²) in [7, 11) is 3.15. The molecule has 1 amide bonds. The number of nitrogens with zero attached hydrogens (tertiary/aromatic N) is 1. The number of phenolic OH excluding ortho intramolecular Hbond substituents is 1. The lowest BCUT2D eigenvalue weighted by Crippen LogP contribution is -2.37. The van der Waals surface area contributed by atoms with Crippen LogP contribution in [-0.4, -0.2) is 48.9 Å². The first-order valence-corrected chi connectivity index (χ1v) is 7.72. The Kier molecular flexibility index (Phi) is 6.97. The van der Waals surface area contributed by atoms with Crippen LogP contribution in [0, 0.1) is 0 Å². The van der Waals surface area contributed by atoms with Gasteiger partial charge in [0.25, 0.3) is 0 Å². The summed E-state index contributed by atoms with van der Waals surface area (Å²) in [5, 5.41) is 13.7. The molecule has 0 aliphatic heterocycles. The maximum Gasteiger partial charge on any atom is 0.410 e. The summed E-state index contributed by atoms with van der Waals surface area (Å²) in [6, 6.07) is 3.22. The van der Waals surface area contributed by atoms with Gasteiger partial charge in [-0.25, -0.2) is 4.79 Å². The fraction of sp³-hybridized carbons (Fsp3) is 0.562. The number of ether oxygens (including phenoxy) is 2. The number of methoxy groups -OCH3 is 1. The van der Waals surface area contributed by atoms with Gasteiger partial charge in [0.1, 0.15) is 5.60 Å². The molecule has 0 saturated heterocycles. The highest BCUT2D eigenvalue weighted by Gasteiger charge is 2.19. The summed E-state index contributed by atoms with van der Waals surface area (Å²) in [6.45, 7) is 6.91. The zero-order chi connectivity index (χ0) is 17.6. The van der Waals surface area contributed by atoms with Crippen molar-refractivity contribution in [1.29, 1.82) is 0 Å². The Bertz CT molecular complexity index is 544. The van der Waals surface area contributed by atoms with E-state index < -0.39 is 5.60 Å². The average molecular weight is 345 g/mol. The van der Waals surface area contributed by atoms with Crippen LogP contribution in [0.15, 0.2) is 12.1 Å². The number of amides is 1. The van der Waals surface area contributed by atoms with Crippen molar-refractivity contribution in [2.75, 3.05) is 27.2 Å². The van der Waals surface area contributed by atoms with Crippen molar-refractivity contribution >= 4 is 17.7 Å². The number of hydrogen-bond acceptors (Lipinski definition) is 5. The Morgan fingerprint density at radius 2 is 2.04 bits per heavy atom. The standard InChI is InChI=1S/C16H25ClN2O4/c1-16(2,3)23-15(21)19(4)7-6-18-10-11-8-12(17)9-13(22-5)14(11)20/h8-9,18,20H,6-7,10H2,1-5H3. The Labute approximate surface area is 142 Å². The molecule has 0 aliphatic rings. The van der Waals surface area contributed by atoms with Gasteiger partial charge in [-0.2, -0.15) is 0 Å². The normalized spacial score (nSPS) is 11.2. The van der Waals surface area contributed by atoms with Gasteiger partial charge in [-0.05, 0) is 26.8 Å². The summed E-state index contributed by atoms with van der Waals surface area (Å²) in [5.41, 5.74) is 0.122. The second-order valence-electron chi connectivity index (χ2n) is 6.19. The van der Waals surface area contributed by atoms with Gasteiger partial charge in [-0.1, -0.05) is 11.6 Å². The lowest BCUT2D eigenvalue weighted by Gasteiger charge is -2.24. The maximum absolute atomic E-state index is 11.8. The molecule has 0 fully saturated rings. The number of likely N-dealkylation sites (N-methyl/N-ethyl adjacent to an activating group) is 1. The van der Waals surface area contributed by atoms with Gasteiger partial charge in [-0.3, -0.25) is 0 Å². The molecule has 0 saturated carbocycles. The van der Waals surface area contributed by atoms with E-state index in [1.165, 1.54) is 12.0 Å². The van der Waals surface area contributed by atoms with Gasteiger partial charge >= 0.3 is 6.09 Å². The predicted octanol–water partition coefficient (Wildman–Crippen LogP) is 3.01. The molecule has 130 valence electrons. The lowest BCUT2D eigenvalue weighted by atomic mass is 10.2. The minimum absolute atomic E-state index is 0.0601. The summed E-state index contributed by atoms with van der Waals surface area (Å²) >= 11 is 5.98. The summed E-state index contributed by atoms with van der Waals surface area (Å²) in [4.78, 5) is 13.3. The third-order valence-corrected chi connectivity index (χ3v) is 3.20. The topological polar surface area (TPSA) is 71.0 Å². The molecular weight excluding hydrogens is 320 g/mol. The molecule has 23 heavy (non-hydrogen) atoms. The van der Waals surface area contributed by atoms with Crippen LogP contribution >= 0.6 is 11.6 Å². The van der Waals surface area contributed by atoms with E-state index in [0.717, 1.165) is 0 Å². The van der Waals surface area contributed by atoms with Gasteiger partial charge in [0.15, 0.2) is 11.5 Å². The quantitative estimate of drug-likeness (QED) is 0.776. The fourth-order valence-corrected chi connectivity index (χ4v) is 2.05. The number of benzene rings is 1. The molecule has 0 radical (unpaired) electrons. The van der Waals surface area contributed by atoms with E-state index in [4.69, 9.17) is 21.1 Å². The van der Waals surface area contributed by atoms with Crippen molar-refractivity contribution in [3.63, 3.8) is 0 Å². The van der Waals surface area contributed by atoms with Crippen LogP contribution in [0.1, 0.15) is 26.3 Å². The third kappa shape index (κ3) is 6.54. The molecular formula is C16H25ClN2O4. The second-order valence-corrected chi connectivity index (χ2v) is 6.63. The van der Waals surface area contributed by atoms with Crippen molar-refractivity contribution in [3.8, 4) is 11.5 Å². The molecule has 1 rings (SSSR count). The Balaban J connectivity index is 2.46. The van der Waals surface area contributed by atoms with Crippen molar-refractivity contribution in [2.24, 2.45) is 0 Å². The van der Waals surface area contributed by atoms with E-state index >= 15 is 0 Å². The van der Waals surface area contributed by atoms with Crippen LogP contribution < -0.4 is 10.1 Å². The number of nitrogens with one attached hydrogen (secondary N) is 1. The zero-order valence-electron chi connectivity index (χ0n) is 14.3. The van der Waals surface area contributed by atoms with Gasteiger partial charge in [0.05, 0.1) is 7.11 Å². The molecule has 2 N–H and O–H groups in total.